The van der Waals surface area contributed by atoms with Crippen molar-refractivity contribution in [3.8, 4) is 0 Å². The second-order valence-electron chi connectivity index (χ2n) is 4.82. The number of hydrogen-bond acceptors (Lipinski definition) is 2. The topological polar surface area (TPSA) is 26.3 Å². The summed E-state index contributed by atoms with van der Waals surface area (Å²) in [7, 11) is 0. The first-order chi connectivity index (χ1) is 7.12. The molecule has 2 nitrogen and oxygen atoms in total. The lowest BCUT2D eigenvalue weighted by atomic mass is 9.69. The van der Waals surface area contributed by atoms with Crippen LogP contribution in [0.25, 0.3) is 0 Å². The van der Waals surface area contributed by atoms with Crippen LogP contribution in [-0.2, 0) is 9.53 Å². The van der Waals surface area contributed by atoms with Crippen molar-refractivity contribution in [3.05, 3.63) is 0 Å². The second kappa shape index (κ2) is 6.18. The fourth-order valence-corrected chi connectivity index (χ4v) is 2.76. The molecule has 1 rings (SSSR count). The summed E-state index contributed by atoms with van der Waals surface area (Å²) in [6.45, 7) is 4.64. The quantitative estimate of drug-likeness (QED) is 0.571. The zero-order valence-electron chi connectivity index (χ0n) is 9.72. The maximum Gasteiger partial charge on any atom is 0.143 e. The average molecular weight is 324 g/mol. The molecule has 15 heavy (non-hydrogen) atoms. The van der Waals surface area contributed by atoms with Gasteiger partial charge in [-0.25, -0.2) is 0 Å². The molecule has 0 atom stereocenters. The fraction of sp³-hybridized carbons (Fsp3) is 0.917. The van der Waals surface area contributed by atoms with E-state index in [-0.39, 0.29) is 11.3 Å². The van der Waals surface area contributed by atoms with Gasteiger partial charge in [0.1, 0.15) is 5.78 Å². The van der Waals surface area contributed by atoms with Crippen LogP contribution in [0.15, 0.2) is 0 Å². The number of alkyl halides is 1. The molecule has 0 aliphatic heterocycles. The molecule has 1 aliphatic rings. The van der Waals surface area contributed by atoms with E-state index in [1.807, 2.05) is 13.8 Å². The normalized spacial score (nSPS) is 20.5. The summed E-state index contributed by atoms with van der Waals surface area (Å²) in [6, 6.07) is 0. The van der Waals surface area contributed by atoms with Crippen molar-refractivity contribution >= 4 is 28.4 Å². The Kier molecular flexibility index (Phi) is 5.53. The largest absolute Gasteiger partial charge is 0.370 e. The average Bonchev–Trinajstić information content (AvgIpc) is 2.26. The number of ketones is 1. The highest BCUT2D eigenvalue weighted by molar-refractivity contribution is 14.1. The number of ether oxygens (including phenoxy) is 1. The van der Waals surface area contributed by atoms with E-state index in [0.717, 1.165) is 12.8 Å². The van der Waals surface area contributed by atoms with Gasteiger partial charge in [-0.15, -0.1) is 0 Å². The molecule has 88 valence electrons. The summed E-state index contributed by atoms with van der Waals surface area (Å²) in [5.74, 6) is 0.549. The molecule has 3 heteroatoms. The summed E-state index contributed by atoms with van der Waals surface area (Å²) >= 11 is 2.20. The molecule has 1 aliphatic carbocycles. The Balaban J connectivity index is 2.70. The van der Waals surface area contributed by atoms with Gasteiger partial charge in [0.15, 0.2) is 0 Å². The van der Waals surface area contributed by atoms with Crippen molar-refractivity contribution in [2.45, 2.75) is 46.0 Å². The Morgan fingerprint density at radius 2 is 1.93 bits per heavy atom. The molecular formula is C12H21IO2. The van der Waals surface area contributed by atoms with E-state index in [9.17, 15) is 4.79 Å². The number of hydrogen-bond donors (Lipinski definition) is 0. The Labute approximate surface area is 106 Å². The minimum Gasteiger partial charge on any atom is -0.370 e. The first-order valence-electron chi connectivity index (χ1n) is 5.80. The van der Waals surface area contributed by atoms with Gasteiger partial charge in [0, 0.05) is 5.92 Å². The summed E-state index contributed by atoms with van der Waals surface area (Å²) in [5, 5.41) is 0. The van der Waals surface area contributed by atoms with Crippen LogP contribution < -0.4 is 0 Å². The first kappa shape index (κ1) is 13.4. The van der Waals surface area contributed by atoms with Crippen molar-refractivity contribution in [3.63, 3.8) is 0 Å². The maximum absolute atomic E-state index is 12.2. The van der Waals surface area contributed by atoms with Crippen LogP contribution in [0, 0.1) is 11.3 Å². The molecular weight excluding hydrogens is 303 g/mol. The standard InChI is InChI=1S/C12H21IO2/c1-10(2)11(14)12(8-15-9-13)6-4-3-5-7-12/h10H,3-9H2,1-2H3. The number of carbonyl (C=O) groups excluding carboxylic acids is 1. The summed E-state index contributed by atoms with van der Waals surface area (Å²) in [5.41, 5.74) is -0.155. The zero-order chi connectivity index (χ0) is 11.3. The van der Waals surface area contributed by atoms with Gasteiger partial charge in [0.2, 0.25) is 0 Å². The highest BCUT2D eigenvalue weighted by atomic mass is 127. The minimum atomic E-state index is -0.155. The summed E-state index contributed by atoms with van der Waals surface area (Å²) < 4.78 is 6.20. The molecule has 0 heterocycles. The molecule has 0 aromatic rings. The van der Waals surface area contributed by atoms with E-state index in [2.05, 4.69) is 22.6 Å². The highest BCUT2D eigenvalue weighted by Gasteiger charge is 2.40. The van der Waals surface area contributed by atoms with E-state index < -0.39 is 0 Å². The SMILES string of the molecule is CC(C)C(=O)C1(COCI)CCCCC1. The molecule has 1 saturated carbocycles. The second-order valence-corrected chi connectivity index (χ2v) is 5.44. The lowest BCUT2D eigenvalue weighted by Crippen LogP contribution is -2.40. The molecule has 0 spiro atoms. The number of Topliss-reactive ketones (excluding diaryl/α,β-unsaturated/α-hetero) is 1. The Hall–Kier alpha value is 0.360. The molecule has 0 aromatic carbocycles. The molecule has 0 N–H and O–H groups in total. The van der Waals surface area contributed by atoms with E-state index >= 15 is 0 Å². The maximum atomic E-state index is 12.2. The van der Waals surface area contributed by atoms with Gasteiger partial charge < -0.3 is 4.74 Å². The summed E-state index contributed by atoms with van der Waals surface area (Å²) in [6.07, 6.45) is 5.70. The van der Waals surface area contributed by atoms with Crippen LogP contribution in [0.2, 0.25) is 0 Å². The van der Waals surface area contributed by atoms with Crippen molar-refractivity contribution < 1.29 is 9.53 Å². The smallest absolute Gasteiger partial charge is 0.143 e. The van der Waals surface area contributed by atoms with Gasteiger partial charge in [-0.1, -0.05) is 55.7 Å². The van der Waals surface area contributed by atoms with Gasteiger partial charge in [0.05, 0.1) is 16.6 Å². The first-order valence-corrected chi connectivity index (χ1v) is 7.33. The molecule has 0 amide bonds. The van der Waals surface area contributed by atoms with Crippen LogP contribution in [0.3, 0.4) is 0 Å². The van der Waals surface area contributed by atoms with Crippen molar-refractivity contribution in [1.29, 1.82) is 0 Å². The number of carbonyl (C=O) groups is 1. The van der Waals surface area contributed by atoms with Crippen molar-refractivity contribution in [2.75, 3.05) is 11.2 Å². The predicted octanol–water partition coefficient (Wildman–Crippen LogP) is 3.57. The van der Waals surface area contributed by atoms with E-state index in [1.54, 1.807) is 0 Å². The fourth-order valence-electron chi connectivity index (χ4n) is 2.54. The molecule has 0 bridgehead atoms. The third-order valence-corrected chi connectivity index (χ3v) is 3.75. The molecule has 0 aromatic heterocycles. The van der Waals surface area contributed by atoms with Gasteiger partial charge in [-0.05, 0) is 12.8 Å². The third kappa shape index (κ3) is 3.41. The van der Waals surface area contributed by atoms with Gasteiger partial charge in [-0.3, -0.25) is 4.79 Å². The number of halogens is 1. The predicted molar refractivity (Wildman–Crippen MR) is 70.2 cm³/mol. The summed E-state index contributed by atoms with van der Waals surface area (Å²) in [4.78, 5) is 12.2. The van der Waals surface area contributed by atoms with Crippen LogP contribution in [0.4, 0.5) is 0 Å². The highest BCUT2D eigenvalue weighted by Crippen LogP contribution is 2.39. The zero-order valence-corrected chi connectivity index (χ0v) is 11.9. The van der Waals surface area contributed by atoms with Crippen molar-refractivity contribution in [2.24, 2.45) is 11.3 Å². The van der Waals surface area contributed by atoms with Crippen LogP contribution in [-0.4, -0.2) is 17.0 Å². The molecule has 1 fully saturated rings. The van der Waals surface area contributed by atoms with E-state index in [0.29, 0.717) is 17.0 Å². The molecule has 0 radical (unpaired) electrons. The lowest BCUT2D eigenvalue weighted by Gasteiger charge is -2.36. The van der Waals surface area contributed by atoms with E-state index in [4.69, 9.17) is 4.74 Å². The van der Waals surface area contributed by atoms with E-state index in [1.165, 1.54) is 19.3 Å². The molecule has 0 saturated heterocycles. The minimum absolute atomic E-state index is 0.140. The Bertz CT molecular complexity index is 208. The monoisotopic (exact) mass is 324 g/mol. The van der Waals surface area contributed by atoms with Crippen LogP contribution >= 0.6 is 22.6 Å². The Morgan fingerprint density at radius 3 is 2.40 bits per heavy atom. The van der Waals surface area contributed by atoms with Gasteiger partial charge in [0.25, 0.3) is 0 Å². The Morgan fingerprint density at radius 1 is 1.33 bits per heavy atom. The lowest BCUT2D eigenvalue weighted by molar-refractivity contribution is -0.137. The third-order valence-electron chi connectivity index (χ3n) is 3.31. The van der Waals surface area contributed by atoms with Crippen molar-refractivity contribution in [1.82, 2.24) is 0 Å². The van der Waals surface area contributed by atoms with Crippen LogP contribution in [0.5, 0.6) is 0 Å². The van der Waals surface area contributed by atoms with Gasteiger partial charge >= 0.3 is 0 Å². The van der Waals surface area contributed by atoms with Crippen LogP contribution in [0.1, 0.15) is 46.0 Å². The molecule has 0 unspecified atom stereocenters. The number of rotatable bonds is 5. The van der Waals surface area contributed by atoms with Gasteiger partial charge in [-0.2, -0.15) is 0 Å².